The predicted octanol–water partition coefficient (Wildman–Crippen LogP) is 1.13. The topological polar surface area (TPSA) is 84.0 Å². The fraction of sp³-hybridized carbons (Fsp3) is 0.250. The predicted molar refractivity (Wildman–Crippen MR) is 77.2 cm³/mol. The average Bonchev–Trinajstić information content (AvgIpc) is 2.80. The molecule has 2 rings (SSSR count). The molecule has 0 radical (unpaired) electrons. The van der Waals surface area contributed by atoms with E-state index in [-0.39, 0.29) is 18.5 Å². The van der Waals surface area contributed by atoms with Gasteiger partial charge in [-0.1, -0.05) is 11.6 Å². The van der Waals surface area contributed by atoms with Crippen LogP contribution in [0.1, 0.15) is 17.8 Å². The van der Waals surface area contributed by atoms with Crippen molar-refractivity contribution in [3.63, 3.8) is 0 Å². The van der Waals surface area contributed by atoms with Crippen molar-refractivity contribution >= 4 is 28.8 Å². The van der Waals surface area contributed by atoms with E-state index >= 15 is 0 Å². The van der Waals surface area contributed by atoms with Crippen molar-refractivity contribution < 1.29 is 4.79 Å². The monoisotopic (exact) mass is 313 g/mol. The summed E-state index contributed by atoms with van der Waals surface area (Å²) < 4.78 is 1.61. The molecule has 0 aromatic carbocycles. The Morgan fingerprint density at radius 1 is 1.40 bits per heavy atom. The third-order valence-electron chi connectivity index (χ3n) is 2.59. The van der Waals surface area contributed by atoms with Crippen LogP contribution in [0.15, 0.2) is 33.9 Å². The second-order valence-electron chi connectivity index (χ2n) is 4.16. The molecule has 106 valence electrons. The zero-order valence-corrected chi connectivity index (χ0v) is 12.1. The SMILES string of the molecule is C[C@@H](NC(=O)Cn1[nH]c(=O)ccc1=O)c1ccc(Cl)s1. The molecule has 0 spiro atoms. The quantitative estimate of drug-likeness (QED) is 0.887. The number of rotatable bonds is 4. The van der Waals surface area contributed by atoms with Crippen molar-refractivity contribution in [2.24, 2.45) is 0 Å². The summed E-state index contributed by atoms with van der Waals surface area (Å²) in [6, 6.07) is 5.60. The summed E-state index contributed by atoms with van der Waals surface area (Å²) in [7, 11) is 0. The molecule has 0 aliphatic carbocycles. The highest BCUT2D eigenvalue weighted by atomic mass is 35.5. The van der Waals surface area contributed by atoms with Crippen LogP contribution in [0.5, 0.6) is 0 Å². The first-order chi connectivity index (χ1) is 9.45. The van der Waals surface area contributed by atoms with E-state index in [2.05, 4.69) is 10.4 Å². The van der Waals surface area contributed by atoms with Gasteiger partial charge in [0.15, 0.2) is 0 Å². The molecular weight excluding hydrogens is 302 g/mol. The van der Waals surface area contributed by atoms with Gasteiger partial charge in [-0.05, 0) is 19.1 Å². The number of H-pyrrole nitrogens is 1. The first kappa shape index (κ1) is 14.5. The van der Waals surface area contributed by atoms with Gasteiger partial charge in [-0.15, -0.1) is 11.3 Å². The minimum Gasteiger partial charge on any atom is -0.347 e. The number of halogens is 1. The van der Waals surface area contributed by atoms with Gasteiger partial charge in [0.05, 0.1) is 10.4 Å². The summed E-state index contributed by atoms with van der Waals surface area (Å²) in [5, 5.41) is 5.03. The first-order valence-corrected chi connectivity index (χ1v) is 7.00. The molecule has 2 aromatic rings. The van der Waals surface area contributed by atoms with Gasteiger partial charge in [0.1, 0.15) is 6.54 Å². The van der Waals surface area contributed by atoms with E-state index in [0.717, 1.165) is 21.7 Å². The van der Waals surface area contributed by atoms with Crippen LogP contribution in [-0.4, -0.2) is 15.7 Å². The van der Waals surface area contributed by atoms with Crippen molar-refractivity contribution in [2.45, 2.75) is 19.5 Å². The van der Waals surface area contributed by atoms with Crippen LogP contribution in [0.25, 0.3) is 0 Å². The summed E-state index contributed by atoms with van der Waals surface area (Å²) in [5.41, 5.74) is -0.873. The average molecular weight is 314 g/mol. The van der Waals surface area contributed by atoms with Gasteiger partial charge < -0.3 is 5.32 Å². The van der Waals surface area contributed by atoms with Gasteiger partial charge in [0, 0.05) is 17.0 Å². The molecule has 0 saturated carbocycles. The van der Waals surface area contributed by atoms with Crippen molar-refractivity contribution in [3.8, 4) is 0 Å². The number of carbonyl (C=O) groups excluding carboxylic acids is 1. The number of hydrogen-bond donors (Lipinski definition) is 2. The number of aromatic nitrogens is 2. The number of carbonyl (C=O) groups is 1. The number of nitrogens with one attached hydrogen (secondary N) is 2. The maximum Gasteiger partial charge on any atom is 0.265 e. The fourth-order valence-electron chi connectivity index (χ4n) is 1.64. The Balaban J connectivity index is 2.04. The molecule has 0 saturated heterocycles. The van der Waals surface area contributed by atoms with Gasteiger partial charge in [-0.3, -0.25) is 19.5 Å². The Hall–Kier alpha value is -1.86. The minimum absolute atomic E-state index is 0.217. The molecule has 0 unspecified atom stereocenters. The van der Waals surface area contributed by atoms with Crippen molar-refractivity contribution in [2.75, 3.05) is 0 Å². The highest BCUT2D eigenvalue weighted by Gasteiger charge is 2.12. The van der Waals surface area contributed by atoms with Gasteiger partial charge in [0.2, 0.25) is 5.91 Å². The third kappa shape index (κ3) is 3.58. The smallest absolute Gasteiger partial charge is 0.265 e. The van der Waals surface area contributed by atoms with E-state index in [1.54, 1.807) is 6.07 Å². The maximum absolute atomic E-state index is 11.8. The fourth-order valence-corrected chi connectivity index (χ4v) is 2.71. The Bertz CT molecular complexity index is 734. The first-order valence-electron chi connectivity index (χ1n) is 5.80. The van der Waals surface area contributed by atoms with Crippen molar-refractivity contribution in [3.05, 3.63) is 54.2 Å². The highest BCUT2D eigenvalue weighted by Crippen LogP contribution is 2.26. The zero-order chi connectivity index (χ0) is 14.7. The molecule has 1 amide bonds. The molecule has 6 nitrogen and oxygen atoms in total. The van der Waals surface area contributed by atoms with Gasteiger partial charge in [-0.25, -0.2) is 4.68 Å². The summed E-state index contributed by atoms with van der Waals surface area (Å²) >= 11 is 7.20. The number of nitrogens with zero attached hydrogens (tertiary/aromatic N) is 1. The molecule has 8 heteroatoms. The third-order valence-corrected chi connectivity index (χ3v) is 4.00. The summed E-state index contributed by atoms with van der Waals surface area (Å²) in [6.45, 7) is 1.58. The van der Waals surface area contributed by atoms with E-state index in [1.807, 2.05) is 13.0 Å². The van der Waals surface area contributed by atoms with Crippen LogP contribution in [0.2, 0.25) is 4.34 Å². The standard InChI is InChI=1S/C12H12ClN3O3S/c1-7(8-2-3-9(13)20-8)14-11(18)6-16-12(19)5-4-10(17)15-16/h2-5,7H,6H2,1H3,(H,14,18)(H,15,17)/t7-/m1/s1. The number of thiophene rings is 1. The molecule has 0 aliphatic heterocycles. The minimum atomic E-state index is -0.438. The molecule has 1 atom stereocenters. The molecule has 0 bridgehead atoms. The molecule has 2 N–H and O–H groups in total. The lowest BCUT2D eigenvalue weighted by molar-refractivity contribution is -0.122. The Morgan fingerprint density at radius 3 is 2.80 bits per heavy atom. The van der Waals surface area contributed by atoms with Crippen LogP contribution >= 0.6 is 22.9 Å². The Labute approximate surface area is 123 Å². The lowest BCUT2D eigenvalue weighted by Crippen LogP contribution is -2.36. The zero-order valence-electron chi connectivity index (χ0n) is 10.6. The molecule has 2 aromatic heterocycles. The van der Waals surface area contributed by atoms with E-state index in [1.165, 1.54) is 11.3 Å². The van der Waals surface area contributed by atoms with Crippen LogP contribution in [-0.2, 0) is 11.3 Å². The lowest BCUT2D eigenvalue weighted by Gasteiger charge is -2.12. The Morgan fingerprint density at radius 2 is 2.15 bits per heavy atom. The second kappa shape index (κ2) is 6.06. The van der Waals surface area contributed by atoms with E-state index < -0.39 is 11.1 Å². The summed E-state index contributed by atoms with van der Waals surface area (Å²) in [6.07, 6.45) is 0. The summed E-state index contributed by atoms with van der Waals surface area (Å²) in [4.78, 5) is 35.3. The number of aromatic amines is 1. The van der Waals surface area contributed by atoms with Gasteiger partial charge in [-0.2, -0.15) is 0 Å². The van der Waals surface area contributed by atoms with E-state index in [9.17, 15) is 14.4 Å². The van der Waals surface area contributed by atoms with Crippen LogP contribution < -0.4 is 16.4 Å². The number of amides is 1. The van der Waals surface area contributed by atoms with Crippen LogP contribution in [0, 0.1) is 0 Å². The maximum atomic E-state index is 11.8. The normalized spacial score (nSPS) is 12.1. The molecule has 0 fully saturated rings. The van der Waals surface area contributed by atoms with Crippen LogP contribution in [0.3, 0.4) is 0 Å². The van der Waals surface area contributed by atoms with Gasteiger partial charge >= 0.3 is 0 Å². The molecule has 20 heavy (non-hydrogen) atoms. The van der Waals surface area contributed by atoms with Crippen molar-refractivity contribution in [1.29, 1.82) is 0 Å². The van der Waals surface area contributed by atoms with Gasteiger partial charge in [0.25, 0.3) is 11.1 Å². The number of hydrogen-bond acceptors (Lipinski definition) is 4. The lowest BCUT2D eigenvalue weighted by atomic mass is 10.3. The Kier molecular flexibility index (Phi) is 4.41. The van der Waals surface area contributed by atoms with Crippen molar-refractivity contribution in [1.82, 2.24) is 15.1 Å². The second-order valence-corrected chi connectivity index (χ2v) is 5.91. The molecule has 2 heterocycles. The largest absolute Gasteiger partial charge is 0.347 e. The van der Waals surface area contributed by atoms with E-state index in [4.69, 9.17) is 11.6 Å². The molecular formula is C12H12ClN3O3S. The molecule has 0 aliphatic rings. The van der Waals surface area contributed by atoms with Crippen LogP contribution in [0.4, 0.5) is 0 Å². The highest BCUT2D eigenvalue weighted by molar-refractivity contribution is 7.16. The summed E-state index contributed by atoms with van der Waals surface area (Å²) in [5.74, 6) is -0.369. The van der Waals surface area contributed by atoms with E-state index in [0.29, 0.717) is 4.34 Å².